The highest BCUT2D eigenvalue weighted by molar-refractivity contribution is 5.97. The minimum atomic E-state index is 0.105. The molecule has 0 saturated heterocycles. The molecule has 1 aromatic heterocycles. The van der Waals surface area contributed by atoms with Crippen LogP contribution in [0, 0.1) is 0 Å². The van der Waals surface area contributed by atoms with E-state index in [1.54, 1.807) is 0 Å². The lowest BCUT2D eigenvalue weighted by atomic mass is 10.1. The van der Waals surface area contributed by atoms with Gasteiger partial charge in [-0.15, -0.1) is 0 Å². The number of carbonyl (C=O) groups is 1. The number of ketones is 1. The molecule has 0 saturated carbocycles. The molecular weight excluding hydrogens is 188 g/mol. The van der Waals surface area contributed by atoms with Crippen molar-refractivity contribution in [2.24, 2.45) is 0 Å². The Hall–Kier alpha value is -1.57. The van der Waals surface area contributed by atoms with Gasteiger partial charge in [-0.2, -0.15) is 0 Å². The minimum absolute atomic E-state index is 0.105. The van der Waals surface area contributed by atoms with E-state index < -0.39 is 0 Å². The summed E-state index contributed by atoms with van der Waals surface area (Å²) < 4.78 is 5.48. The van der Waals surface area contributed by atoms with E-state index >= 15 is 0 Å². The van der Waals surface area contributed by atoms with Crippen LogP contribution in [0.5, 0.6) is 0 Å². The van der Waals surface area contributed by atoms with E-state index in [1.165, 1.54) is 0 Å². The predicted molar refractivity (Wildman–Crippen MR) is 60.1 cm³/mol. The van der Waals surface area contributed by atoms with E-state index in [1.807, 2.05) is 30.3 Å². The zero-order valence-electron chi connectivity index (χ0n) is 8.82. The van der Waals surface area contributed by atoms with Gasteiger partial charge in [-0.05, 0) is 18.6 Å². The highest BCUT2D eigenvalue weighted by Gasteiger charge is 2.10. The van der Waals surface area contributed by atoms with Gasteiger partial charge in [-0.25, -0.2) is 0 Å². The quantitative estimate of drug-likeness (QED) is 0.706. The monoisotopic (exact) mass is 202 g/mol. The second-order valence-electron chi connectivity index (χ2n) is 3.68. The molecule has 1 heterocycles. The van der Waals surface area contributed by atoms with Gasteiger partial charge in [0.15, 0.2) is 11.5 Å². The van der Waals surface area contributed by atoms with Gasteiger partial charge in [-0.1, -0.05) is 31.5 Å². The van der Waals surface area contributed by atoms with Gasteiger partial charge in [0.1, 0.15) is 5.58 Å². The summed E-state index contributed by atoms with van der Waals surface area (Å²) in [6.45, 7) is 2.08. The van der Waals surface area contributed by atoms with Crippen LogP contribution in [0.1, 0.15) is 36.7 Å². The number of hydrogen-bond acceptors (Lipinski definition) is 2. The van der Waals surface area contributed by atoms with Crippen molar-refractivity contribution in [3.05, 3.63) is 36.1 Å². The maximum Gasteiger partial charge on any atom is 0.198 e. The number of carbonyl (C=O) groups excluding carboxylic acids is 1. The average Bonchev–Trinajstić information content (AvgIpc) is 2.69. The van der Waals surface area contributed by atoms with Crippen LogP contribution in [-0.4, -0.2) is 5.78 Å². The number of unbranched alkanes of at least 4 members (excludes halogenated alkanes) is 1. The van der Waals surface area contributed by atoms with Gasteiger partial charge in [0.05, 0.1) is 0 Å². The summed E-state index contributed by atoms with van der Waals surface area (Å²) in [6.07, 6.45) is 2.54. The molecule has 78 valence electrons. The average molecular weight is 202 g/mol. The van der Waals surface area contributed by atoms with Crippen molar-refractivity contribution < 1.29 is 9.21 Å². The third kappa shape index (κ3) is 2.09. The van der Waals surface area contributed by atoms with Crippen molar-refractivity contribution in [3.63, 3.8) is 0 Å². The van der Waals surface area contributed by atoms with E-state index in [2.05, 4.69) is 6.92 Å². The Morgan fingerprint density at radius 2 is 2.13 bits per heavy atom. The van der Waals surface area contributed by atoms with Crippen LogP contribution in [0.4, 0.5) is 0 Å². The summed E-state index contributed by atoms with van der Waals surface area (Å²) >= 11 is 0. The molecular formula is C13H14O2. The Bertz CT molecular complexity index is 435. The van der Waals surface area contributed by atoms with Crippen molar-refractivity contribution >= 4 is 16.8 Å². The number of para-hydroxylation sites is 1. The first kappa shape index (κ1) is 9.97. The minimum Gasteiger partial charge on any atom is -0.453 e. The van der Waals surface area contributed by atoms with Crippen molar-refractivity contribution in [3.8, 4) is 0 Å². The van der Waals surface area contributed by atoms with Gasteiger partial charge < -0.3 is 4.42 Å². The molecule has 0 atom stereocenters. The zero-order valence-corrected chi connectivity index (χ0v) is 8.82. The van der Waals surface area contributed by atoms with E-state index in [0.717, 1.165) is 23.8 Å². The van der Waals surface area contributed by atoms with Crippen molar-refractivity contribution in [1.29, 1.82) is 0 Å². The highest BCUT2D eigenvalue weighted by atomic mass is 16.3. The smallest absolute Gasteiger partial charge is 0.198 e. The predicted octanol–water partition coefficient (Wildman–Crippen LogP) is 3.81. The molecule has 2 heteroatoms. The van der Waals surface area contributed by atoms with Crippen molar-refractivity contribution in [2.45, 2.75) is 26.2 Å². The Labute approximate surface area is 88.9 Å². The number of benzene rings is 1. The largest absolute Gasteiger partial charge is 0.453 e. The maximum atomic E-state index is 11.7. The first-order chi connectivity index (χ1) is 7.31. The van der Waals surface area contributed by atoms with E-state index in [4.69, 9.17) is 4.42 Å². The van der Waals surface area contributed by atoms with Crippen molar-refractivity contribution in [1.82, 2.24) is 0 Å². The van der Waals surface area contributed by atoms with Crippen LogP contribution >= 0.6 is 0 Å². The highest BCUT2D eigenvalue weighted by Crippen LogP contribution is 2.20. The molecule has 0 aliphatic carbocycles. The summed E-state index contributed by atoms with van der Waals surface area (Å²) in [5, 5.41) is 0.998. The summed E-state index contributed by atoms with van der Waals surface area (Å²) in [7, 11) is 0. The SMILES string of the molecule is CCCCC(=O)c1cc2ccccc2o1. The first-order valence-electron chi connectivity index (χ1n) is 5.33. The standard InChI is InChI=1S/C13H14O2/c1-2-3-7-11(14)13-9-10-6-4-5-8-12(10)15-13/h4-6,8-9H,2-3,7H2,1H3. The molecule has 0 amide bonds. The van der Waals surface area contributed by atoms with Crippen LogP contribution in [-0.2, 0) is 0 Å². The molecule has 0 N–H and O–H groups in total. The Morgan fingerprint density at radius 3 is 2.87 bits per heavy atom. The molecule has 2 rings (SSSR count). The van der Waals surface area contributed by atoms with Gasteiger partial charge in [0.2, 0.25) is 0 Å². The molecule has 0 radical (unpaired) electrons. The van der Waals surface area contributed by atoms with E-state index in [9.17, 15) is 4.79 Å². The van der Waals surface area contributed by atoms with Crippen LogP contribution in [0.25, 0.3) is 11.0 Å². The van der Waals surface area contributed by atoms with Gasteiger partial charge in [0, 0.05) is 11.8 Å². The Balaban J connectivity index is 2.25. The zero-order chi connectivity index (χ0) is 10.7. The first-order valence-corrected chi connectivity index (χ1v) is 5.33. The fourth-order valence-electron chi connectivity index (χ4n) is 1.58. The van der Waals surface area contributed by atoms with Crippen LogP contribution < -0.4 is 0 Å². The number of hydrogen-bond donors (Lipinski definition) is 0. The third-order valence-electron chi connectivity index (χ3n) is 2.46. The molecule has 15 heavy (non-hydrogen) atoms. The second kappa shape index (κ2) is 4.30. The Morgan fingerprint density at radius 1 is 1.33 bits per heavy atom. The summed E-state index contributed by atoms with van der Waals surface area (Å²) in [5.74, 6) is 0.595. The molecule has 0 aliphatic rings. The molecule has 2 aromatic rings. The number of fused-ring (bicyclic) bond motifs is 1. The molecule has 0 spiro atoms. The summed E-state index contributed by atoms with van der Waals surface area (Å²) in [6, 6.07) is 9.51. The number of rotatable bonds is 4. The van der Waals surface area contributed by atoms with Crippen LogP contribution in [0.15, 0.2) is 34.7 Å². The third-order valence-corrected chi connectivity index (χ3v) is 2.46. The molecule has 0 unspecified atom stereocenters. The molecule has 0 fully saturated rings. The fourth-order valence-corrected chi connectivity index (χ4v) is 1.58. The van der Waals surface area contributed by atoms with Gasteiger partial charge >= 0.3 is 0 Å². The summed E-state index contributed by atoms with van der Waals surface area (Å²) in [5.41, 5.74) is 0.789. The molecule has 1 aromatic carbocycles. The topological polar surface area (TPSA) is 30.2 Å². The number of Topliss-reactive ketones (excluding diaryl/α,β-unsaturated/α-hetero) is 1. The molecule has 2 nitrogen and oxygen atoms in total. The maximum absolute atomic E-state index is 11.7. The lowest BCUT2D eigenvalue weighted by molar-refractivity contribution is 0.0955. The van der Waals surface area contributed by atoms with Gasteiger partial charge in [0.25, 0.3) is 0 Å². The molecule has 0 bridgehead atoms. The summed E-state index contributed by atoms with van der Waals surface area (Å²) in [4.78, 5) is 11.7. The van der Waals surface area contributed by atoms with E-state index in [0.29, 0.717) is 12.2 Å². The van der Waals surface area contributed by atoms with E-state index in [-0.39, 0.29) is 5.78 Å². The van der Waals surface area contributed by atoms with Crippen LogP contribution in [0.2, 0.25) is 0 Å². The Kier molecular flexibility index (Phi) is 2.86. The molecule has 0 aliphatic heterocycles. The number of furan rings is 1. The lowest BCUT2D eigenvalue weighted by Gasteiger charge is -1.93. The van der Waals surface area contributed by atoms with Gasteiger partial charge in [-0.3, -0.25) is 4.79 Å². The van der Waals surface area contributed by atoms with Crippen LogP contribution in [0.3, 0.4) is 0 Å². The normalized spacial score (nSPS) is 10.7. The van der Waals surface area contributed by atoms with Crippen molar-refractivity contribution in [2.75, 3.05) is 0 Å². The fraction of sp³-hybridized carbons (Fsp3) is 0.308. The second-order valence-corrected chi connectivity index (χ2v) is 3.68. The lowest BCUT2D eigenvalue weighted by Crippen LogP contribution is -1.95.